The molecule has 0 fully saturated rings. The lowest BCUT2D eigenvalue weighted by Crippen LogP contribution is -2.24. The van der Waals surface area contributed by atoms with E-state index in [0.717, 1.165) is 35.5 Å². The summed E-state index contributed by atoms with van der Waals surface area (Å²) in [5.74, 6) is -0.862. The van der Waals surface area contributed by atoms with Crippen LogP contribution < -0.4 is 5.32 Å². The van der Waals surface area contributed by atoms with Gasteiger partial charge >= 0.3 is 5.97 Å². The summed E-state index contributed by atoms with van der Waals surface area (Å²) < 4.78 is 1.70. The Kier molecular flexibility index (Phi) is 6.48. The Labute approximate surface area is 144 Å². The molecule has 0 atom stereocenters. The van der Waals surface area contributed by atoms with Crippen molar-refractivity contribution in [2.24, 2.45) is 7.05 Å². The first kappa shape index (κ1) is 18.1. The van der Waals surface area contributed by atoms with Crippen LogP contribution in [0.2, 0.25) is 0 Å². The smallest absolute Gasteiger partial charge is 0.303 e. The normalized spacial score (nSPS) is 10.8. The Balaban J connectivity index is 1.78. The van der Waals surface area contributed by atoms with Crippen LogP contribution >= 0.6 is 11.3 Å². The molecule has 0 radical (unpaired) electrons. The summed E-state index contributed by atoms with van der Waals surface area (Å²) >= 11 is 1.37. The third-order valence-corrected chi connectivity index (χ3v) is 4.76. The number of carbonyl (C=O) groups excluding carboxylic acids is 1. The number of hydrogen-bond acceptors (Lipinski definition) is 5. The lowest BCUT2D eigenvalue weighted by Gasteiger charge is -2.03. The lowest BCUT2D eigenvalue weighted by atomic mass is 10.1. The second-order valence-corrected chi connectivity index (χ2v) is 6.65. The van der Waals surface area contributed by atoms with Gasteiger partial charge in [-0.25, -0.2) is 4.98 Å². The van der Waals surface area contributed by atoms with Gasteiger partial charge < -0.3 is 10.4 Å². The molecule has 2 aromatic rings. The minimum absolute atomic E-state index is 0.106. The highest BCUT2D eigenvalue weighted by Crippen LogP contribution is 2.27. The second-order valence-electron chi connectivity index (χ2n) is 5.65. The number of aliphatic carboxylic acids is 1. The number of nitrogens with zero attached hydrogens (tertiary/aromatic N) is 3. The molecule has 2 rings (SSSR count). The molecule has 2 N–H and O–H groups in total. The Morgan fingerprint density at radius 1 is 1.29 bits per heavy atom. The van der Waals surface area contributed by atoms with Gasteiger partial charge in [-0.1, -0.05) is 12.8 Å². The van der Waals surface area contributed by atoms with E-state index in [2.05, 4.69) is 15.4 Å². The van der Waals surface area contributed by atoms with Crippen LogP contribution in [0.5, 0.6) is 0 Å². The molecule has 0 unspecified atom stereocenters. The number of carbonyl (C=O) groups is 2. The number of aromatic nitrogens is 3. The Bertz CT molecular complexity index is 708. The van der Waals surface area contributed by atoms with Crippen molar-refractivity contribution in [1.82, 2.24) is 20.1 Å². The van der Waals surface area contributed by atoms with Gasteiger partial charge in [0.25, 0.3) is 5.91 Å². The minimum Gasteiger partial charge on any atom is -0.481 e. The maximum absolute atomic E-state index is 12.3. The summed E-state index contributed by atoms with van der Waals surface area (Å²) in [6.45, 7) is 2.42. The summed E-state index contributed by atoms with van der Waals surface area (Å²) in [5.41, 5.74) is 1.63. The van der Waals surface area contributed by atoms with E-state index in [1.165, 1.54) is 11.3 Å². The number of rotatable bonds is 9. The fraction of sp³-hybridized carbons (Fsp3) is 0.500. The van der Waals surface area contributed by atoms with Gasteiger partial charge in [-0.05, 0) is 19.8 Å². The molecule has 0 aromatic carbocycles. The first-order chi connectivity index (χ1) is 11.5. The van der Waals surface area contributed by atoms with Crippen molar-refractivity contribution in [3.05, 3.63) is 23.0 Å². The van der Waals surface area contributed by atoms with E-state index in [1.807, 2.05) is 20.2 Å². The molecular weight excluding hydrogens is 328 g/mol. The van der Waals surface area contributed by atoms with Crippen LogP contribution in [0.4, 0.5) is 0 Å². The predicted molar refractivity (Wildman–Crippen MR) is 92.1 cm³/mol. The molecule has 8 heteroatoms. The highest BCUT2D eigenvalue weighted by Gasteiger charge is 2.16. The number of aryl methyl sites for hydroxylation is 2. The van der Waals surface area contributed by atoms with E-state index in [9.17, 15) is 9.59 Å². The van der Waals surface area contributed by atoms with Crippen LogP contribution in [-0.2, 0) is 11.8 Å². The number of carboxylic acid groups (broad SMARTS) is 1. The second kappa shape index (κ2) is 8.58. The van der Waals surface area contributed by atoms with Gasteiger partial charge in [-0.15, -0.1) is 11.3 Å². The molecule has 130 valence electrons. The van der Waals surface area contributed by atoms with Gasteiger partial charge in [0.1, 0.15) is 9.88 Å². The first-order valence-electron chi connectivity index (χ1n) is 7.94. The van der Waals surface area contributed by atoms with Crippen molar-refractivity contribution >= 4 is 23.2 Å². The monoisotopic (exact) mass is 350 g/mol. The van der Waals surface area contributed by atoms with E-state index in [0.29, 0.717) is 17.8 Å². The Morgan fingerprint density at radius 2 is 2.04 bits per heavy atom. The first-order valence-corrected chi connectivity index (χ1v) is 8.75. The van der Waals surface area contributed by atoms with E-state index >= 15 is 0 Å². The summed E-state index contributed by atoms with van der Waals surface area (Å²) in [4.78, 5) is 27.7. The van der Waals surface area contributed by atoms with Crippen molar-refractivity contribution in [3.8, 4) is 10.6 Å². The predicted octanol–water partition coefficient (Wildman–Crippen LogP) is 2.62. The van der Waals surface area contributed by atoms with Gasteiger partial charge in [0.2, 0.25) is 0 Å². The third kappa shape index (κ3) is 5.16. The van der Waals surface area contributed by atoms with Crippen molar-refractivity contribution in [2.45, 2.75) is 39.0 Å². The maximum Gasteiger partial charge on any atom is 0.303 e. The highest BCUT2D eigenvalue weighted by atomic mass is 32.1. The molecule has 0 aliphatic heterocycles. The number of hydrogen-bond donors (Lipinski definition) is 2. The maximum atomic E-state index is 12.3. The lowest BCUT2D eigenvalue weighted by molar-refractivity contribution is -0.137. The van der Waals surface area contributed by atoms with E-state index in [-0.39, 0.29) is 12.3 Å². The van der Waals surface area contributed by atoms with Crippen LogP contribution in [0.15, 0.2) is 12.4 Å². The molecule has 2 heterocycles. The van der Waals surface area contributed by atoms with E-state index in [4.69, 9.17) is 5.11 Å². The molecule has 24 heavy (non-hydrogen) atoms. The van der Waals surface area contributed by atoms with Crippen molar-refractivity contribution in [1.29, 1.82) is 0 Å². The number of thiazole rings is 1. The van der Waals surface area contributed by atoms with E-state index in [1.54, 1.807) is 10.9 Å². The quantitative estimate of drug-likeness (QED) is 0.678. The zero-order valence-electron chi connectivity index (χ0n) is 13.9. The van der Waals surface area contributed by atoms with Gasteiger partial charge in [-0.2, -0.15) is 5.10 Å². The van der Waals surface area contributed by atoms with Crippen molar-refractivity contribution < 1.29 is 14.7 Å². The number of unbranched alkanes of at least 4 members (excludes halogenated alkanes) is 3. The minimum atomic E-state index is -0.756. The largest absolute Gasteiger partial charge is 0.481 e. The van der Waals surface area contributed by atoms with E-state index < -0.39 is 5.97 Å². The average Bonchev–Trinajstić information content (AvgIpc) is 3.11. The van der Waals surface area contributed by atoms with Crippen LogP contribution in [-0.4, -0.2) is 38.3 Å². The molecule has 0 bridgehead atoms. The number of nitrogens with one attached hydrogen (secondary N) is 1. The van der Waals surface area contributed by atoms with Crippen molar-refractivity contribution in [2.75, 3.05) is 6.54 Å². The van der Waals surface area contributed by atoms with Crippen LogP contribution in [0, 0.1) is 6.92 Å². The topological polar surface area (TPSA) is 97.1 Å². The van der Waals surface area contributed by atoms with Crippen LogP contribution in [0.1, 0.15) is 47.5 Å². The van der Waals surface area contributed by atoms with Gasteiger partial charge in [0.05, 0.1) is 11.9 Å². The van der Waals surface area contributed by atoms with Crippen LogP contribution in [0.3, 0.4) is 0 Å². The Morgan fingerprint density at radius 3 is 2.71 bits per heavy atom. The third-order valence-electron chi connectivity index (χ3n) is 3.56. The van der Waals surface area contributed by atoms with Gasteiger partial charge in [0.15, 0.2) is 0 Å². The molecule has 0 saturated carbocycles. The zero-order chi connectivity index (χ0) is 17.5. The van der Waals surface area contributed by atoms with Gasteiger partial charge in [0, 0.05) is 31.8 Å². The fourth-order valence-corrected chi connectivity index (χ4v) is 3.26. The Hall–Kier alpha value is -2.22. The molecule has 0 aliphatic rings. The molecule has 0 aliphatic carbocycles. The highest BCUT2D eigenvalue weighted by molar-refractivity contribution is 7.17. The number of amides is 1. The van der Waals surface area contributed by atoms with Crippen LogP contribution in [0.25, 0.3) is 10.6 Å². The number of carboxylic acids is 1. The zero-order valence-corrected chi connectivity index (χ0v) is 14.7. The summed E-state index contributed by atoms with van der Waals surface area (Å²) in [5, 5.41) is 16.4. The summed E-state index contributed by atoms with van der Waals surface area (Å²) in [6.07, 6.45) is 7.13. The SMILES string of the molecule is Cc1nc(-c2cnn(C)c2)sc1C(=O)NCCCCCCC(=O)O. The average molecular weight is 350 g/mol. The molecule has 7 nitrogen and oxygen atoms in total. The molecule has 1 amide bonds. The summed E-state index contributed by atoms with van der Waals surface area (Å²) in [7, 11) is 1.84. The molecular formula is C16H22N4O3S. The summed E-state index contributed by atoms with van der Waals surface area (Å²) in [6, 6.07) is 0. The van der Waals surface area contributed by atoms with Gasteiger partial charge in [-0.3, -0.25) is 14.3 Å². The standard InChI is InChI=1S/C16H22N4O3S/c1-11-14(24-16(19-11)12-9-18-20(2)10-12)15(23)17-8-6-4-3-5-7-13(21)22/h9-10H,3-8H2,1-2H3,(H,17,23)(H,21,22). The molecule has 0 saturated heterocycles. The fourth-order valence-electron chi connectivity index (χ4n) is 2.30. The molecule has 2 aromatic heterocycles. The van der Waals surface area contributed by atoms with Crippen molar-refractivity contribution in [3.63, 3.8) is 0 Å². The molecule has 0 spiro atoms.